The van der Waals surface area contributed by atoms with Gasteiger partial charge in [0.2, 0.25) is 0 Å². The molecule has 0 saturated carbocycles. The van der Waals surface area contributed by atoms with Crippen molar-refractivity contribution < 1.29 is 23.0 Å². The van der Waals surface area contributed by atoms with E-state index in [0.717, 1.165) is 26.1 Å². The van der Waals surface area contributed by atoms with Crippen LogP contribution in [0, 0.1) is 5.92 Å². The van der Waals surface area contributed by atoms with E-state index in [0.29, 0.717) is 23.5 Å². The number of amides is 2. The first-order chi connectivity index (χ1) is 12.1. The van der Waals surface area contributed by atoms with Gasteiger partial charge >= 0.3 is 12.6 Å². The topological polar surface area (TPSA) is 72.5 Å². The molecule has 0 bridgehead atoms. The molecule has 0 atom stereocenters. The van der Waals surface area contributed by atoms with E-state index in [9.17, 15) is 13.6 Å². The van der Waals surface area contributed by atoms with Gasteiger partial charge in [0.15, 0.2) is 5.75 Å². The predicted octanol–water partition coefficient (Wildman–Crippen LogP) is 3.38. The Hall–Kier alpha value is -2.48. The number of urea groups is 1. The highest BCUT2D eigenvalue weighted by Crippen LogP contribution is 2.30. The molecule has 1 aromatic carbocycles. The number of alkyl halides is 2. The number of pyridine rings is 1. The molecule has 0 spiro atoms. The molecule has 0 radical (unpaired) electrons. The van der Waals surface area contributed by atoms with Crippen LogP contribution in [0.5, 0.6) is 5.75 Å². The maximum absolute atomic E-state index is 12.5. The molecule has 2 aromatic rings. The van der Waals surface area contributed by atoms with E-state index in [1.807, 2.05) is 0 Å². The van der Waals surface area contributed by atoms with Gasteiger partial charge in [0, 0.05) is 31.3 Å². The van der Waals surface area contributed by atoms with Gasteiger partial charge in [-0.3, -0.25) is 4.98 Å². The molecule has 2 heterocycles. The number of fused-ring (bicyclic) bond motifs is 1. The van der Waals surface area contributed by atoms with Crippen molar-refractivity contribution in [2.24, 2.45) is 5.92 Å². The molecule has 3 rings (SSSR count). The van der Waals surface area contributed by atoms with E-state index in [-0.39, 0.29) is 17.3 Å². The molecule has 2 amide bonds. The average molecular weight is 351 g/mol. The highest BCUT2D eigenvalue weighted by molar-refractivity contribution is 6.02. The number of halogens is 2. The van der Waals surface area contributed by atoms with E-state index in [4.69, 9.17) is 4.74 Å². The van der Waals surface area contributed by atoms with Crippen molar-refractivity contribution in [1.29, 1.82) is 0 Å². The Morgan fingerprint density at radius 3 is 2.88 bits per heavy atom. The summed E-state index contributed by atoms with van der Waals surface area (Å²) in [5.41, 5.74) is 0.749. The molecule has 0 unspecified atom stereocenters. The lowest BCUT2D eigenvalue weighted by molar-refractivity contribution is -0.0489. The maximum Gasteiger partial charge on any atom is 0.387 e. The summed E-state index contributed by atoms with van der Waals surface area (Å²) < 4.78 is 34.8. The number of rotatable bonds is 5. The third kappa shape index (κ3) is 4.54. The molecular weight excluding hydrogens is 332 g/mol. The van der Waals surface area contributed by atoms with E-state index in [1.165, 1.54) is 18.3 Å². The van der Waals surface area contributed by atoms with Crippen molar-refractivity contribution in [3.8, 4) is 5.75 Å². The summed E-state index contributed by atoms with van der Waals surface area (Å²) in [6.07, 6.45) is 3.33. The second kappa shape index (κ2) is 8.06. The summed E-state index contributed by atoms with van der Waals surface area (Å²) in [6.45, 7) is -0.934. The molecule has 1 saturated heterocycles. The fourth-order valence-electron chi connectivity index (χ4n) is 2.80. The standard InChI is InChI=1S/C17H19F2N3O3/c18-16(19)25-14-4-3-13(12-2-1-7-20-15(12)14)22-17(23)21-10-11-5-8-24-9-6-11/h1-4,7,11,16H,5-6,8-10H2,(H2,21,22,23). The summed E-state index contributed by atoms with van der Waals surface area (Å²) in [7, 11) is 0. The van der Waals surface area contributed by atoms with Gasteiger partial charge in [-0.25, -0.2) is 4.79 Å². The van der Waals surface area contributed by atoms with Crippen LogP contribution in [0.4, 0.5) is 19.3 Å². The Kier molecular flexibility index (Phi) is 5.60. The molecule has 6 nitrogen and oxygen atoms in total. The SMILES string of the molecule is O=C(NCC1CCOCC1)Nc1ccc(OC(F)F)c2ncccc12. The molecule has 1 fully saturated rings. The Morgan fingerprint density at radius 2 is 2.12 bits per heavy atom. The zero-order valence-electron chi connectivity index (χ0n) is 13.5. The molecule has 1 aromatic heterocycles. The monoisotopic (exact) mass is 351 g/mol. The number of benzene rings is 1. The predicted molar refractivity (Wildman–Crippen MR) is 88.9 cm³/mol. The summed E-state index contributed by atoms with van der Waals surface area (Å²) in [5.74, 6) is 0.374. The Labute approximate surface area is 143 Å². The van der Waals surface area contributed by atoms with Gasteiger partial charge in [0.1, 0.15) is 5.52 Å². The number of hydrogen-bond donors (Lipinski definition) is 2. The first kappa shape index (κ1) is 17.3. The number of aromatic nitrogens is 1. The van der Waals surface area contributed by atoms with Gasteiger partial charge in [-0.1, -0.05) is 0 Å². The van der Waals surface area contributed by atoms with Crippen molar-refractivity contribution in [1.82, 2.24) is 10.3 Å². The van der Waals surface area contributed by atoms with Crippen molar-refractivity contribution in [3.05, 3.63) is 30.5 Å². The average Bonchev–Trinajstić information content (AvgIpc) is 2.62. The maximum atomic E-state index is 12.5. The van der Waals surface area contributed by atoms with E-state index < -0.39 is 6.61 Å². The zero-order valence-corrected chi connectivity index (χ0v) is 13.5. The fraction of sp³-hybridized carbons (Fsp3) is 0.412. The molecule has 134 valence electrons. The number of anilines is 1. The van der Waals surface area contributed by atoms with Crippen LogP contribution in [0.25, 0.3) is 10.9 Å². The lowest BCUT2D eigenvalue weighted by Crippen LogP contribution is -2.35. The minimum Gasteiger partial charge on any atom is -0.432 e. The van der Waals surface area contributed by atoms with Crippen LogP contribution in [-0.2, 0) is 4.74 Å². The molecule has 0 aliphatic carbocycles. The molecule has 8 heteroatoms. The van der Waals surface area contributed by atoms with E-state index >= 15 is 0 Å². The number of carbonyl (C=O) groups is 1. The quantitative estimate of drug-likeness (QED) is 0.866. The van der Waals surface area contributed by atoms with Crippen molar-refractivity contribution in [3.63, 3.8) is 0 Å². The number of ether oxygens (including phenoxy) is 2. The number of carbonyl (C=O) groups excluding carboxylic acids is 1. The van der Waals surface area contributed by atoms with E-state index in [2.05, 4.69) is 20.4 Å². The van der Waals surface area contributed by atoms with Gasteiger partial charge in [-0.15, -0.1) is 0 Å². The largest absolute Gasteiger partial charge is 0.432 e. The lowest BCUT2D eigenvalue weighted by atomic mass is 10.0. The molecule has 1 aliphatic rings. The van der Waals surface area contributed by atoms with Crippen LogP contribution in [-0.4, -0.2) is 37.4 Å². The van der Waals surface area contributed by atoms with Crippen LogP contribution >= 0.6 is 0 Å². The fourth-order valence-corrected chi connectivity index (χ4v) is 2.80. The van der Waals surface area contributed by atoms with E-state index in [1.54, 1.807) is 12.1 Å². The van der Waals surface area contributed by atoms with Gasteiger partial charge in [0.25, 0.3) is 0 Å². The van der Waals surface area contributed by atoms with Gasteiger partial charge in [-0.2, -0.15) is 8.78 Å². The van der Waals surface area contributed by atoms with Gasteiger partial charge in [0.05, 0.1) is 5.69 Å². The second-order valence-corrected chi connectivity index (χ2v) is 5.78. The normalized spacial score (nSPS) is 15.3. The molecular formula is C17H19F2N3O3. The highest BCUT2D eigenvalue weighted by Gasteiger charge is 2.16. The Bertz CT molecular complexity index is 736. The third-order valence-electron chi connectivity index (χ3n) is 4.09. The summed E-state index contributed by atoms with van der Waals surface area (Å²) in [5, 5.41) is 6.11. The molecule has 2 N–H and O–H groups in total. The van der Waals surface area contributed by atoms with Crippen molar-refractivity contribution in [2.75, 3.05) is 25.1 Å². The smallest absolute Gasteiger partial charge is 0.387 e. The number of nitrogens with one attached hydrogen (secondary N) is 2. The Morgan fingerprint density at radius 1 is 1.32 bits per heavy atom. The van der Waals surface area contributed by atoms with Crippen molar-refractivity contribution >= 4 is 22.6 Å². The first-order valence-corrected chi connectivity index (χ1v) is 8.08. The summed E-state index contributed by atoms with van der Waals surface area (Å²) in [6, 6.07) is 5.90. The van der Waals surface area contributed by atoms with Crippen LogP contribution in [0.15, 0.2) is 30.5 Å². The minimum atomic E-state index is -2.94. The van der Waals surface area contributed by atoms with Crippen molar-refractivity contribution in [2.45, 2.75) is 19.5 Å². The first-order valence-electron chi connectivity index (χ1n) is 8.08. The van der Waals surface area contributed by atoms with Crippen LogP contribution < -0.4 is 15.4 Å². The highest BCUT2D eigenvalue weighted by atomic mass is 19.3. The Balaban J connectivity index is 1.69. The molecule has 1 aliphatic heterocycles. The zero-order chi connectivity index (χ0) is 17.6. The minimum absolute atomic E-state index is 0.0289. The lowest BCUT2D eigenvalue weighted by Gasteiger charge is -2.22. The number of hydrogen-bond acceptors (Lipinski definition) is 4. The third-order valence-corrected chi connectivity index (χ3v) is 4.09. The van der Waals surface area contributed by atoms with Gasteiger partial charge < -0.3 is 20.1 Å². The van der Waals surface area contributed by atoms with Crippen LogP contribution in [0.1, 0.15) is 12.8 Å². The van der Waals surface area contributed by atoms with Crippen LogP contribution in [0.3, 0.4) is 0 Å². The van der Waals surface area contributed by atoms with Gasteiger partial charge in [-0.05, 0) is 43.0 Å². The summed E-state index contributed by atoms with van der Waals surface area (Å²) in [4.78, 5) is 16.2. The molecule has 25 heavy (non-hydrogen) atoms. The summed E-state index contributed by atoms with van der Waals surface area (Å²) >= 11 is 0. The second-order valence-electron chi connectivity index (χ2n) is 5.78. The number of nitrogens with zero attached hydrogens (tertiary/aromatic N) is 1. The van der Waals surface area contributed by atoms with Crippen LogP contribution in [0.2, 0.25) is 0 Å².